The van der Waals surface area contributed by atoms with Gasteiger partial charge < -0.3 is 15.4 Å². The third-order valence-corrected chi connectivity index (χ3v) is 4.05. The summed E-state index contributed by atoms with van der Waals surface area (Å²) in [5.74, 6) is -1.63. The Bertz CT molecular complexity index is 969. The van der Waals surface area contributed by atoms with Gasteiger partial charge in [-0.25, -0.2) is 5.43 Å². The van der Waals surface area contributed by atoms with E-state index < -0.39 is 11.8 Å². The second-order valence-corrected chi connectivity index (χ2v) is 6.37. The molecule has 3 amide bonds. The molecule has 0 unspecified atom stereocenters. The maximum atomic E-state index is 12.2. The maximum absolute atomic E-state index is 12.2. The minimum absolute atomic E-state index is 0.177. The number of anilines is 1. The van der Waals surface area contributed by atoms with Gasteiger partial charge in [0, 0.05) is 17.8 Å². The largest absolute Gasteiger partial charge is 0.483 e. The molecule has 0 saturated carbocycles. The molecule has 0 radical (unpaired) electrons. The van der Waals surface area contributed by atoms with E-state index in [9.17, 15) is 14.4 Å². The number of para-hydroxylation sites is 1. The molecular formula is C22H24N4O4. The predicted molar refractivity (Wildman–Crippen MR) is 115 cm³/mol. The fraction of sp³-hybridized carbons (Fsp3) is 0.182. The Morgan fingerprint density at radius 1 is 1.07 bits per heavy atom. The van der Waals surface area contributed by atoms with E-state index in [1.54, 1.807) is 24.3 Å². The molecule has 3 N–H and O–H groups in total. The zero-order valence-electron chi connectivity index (χ0n) is 16.9. The molecule has 0 atom stereocenters. The van der Waals surface area contributed by atoms with Crippen LogP contribution in [-0.4, -0.2) is 37.1 Å². The van der Waals surface area contributed by atoms with Crippen molar-refractivity contribution in [2.24, 2.45) is 5.10 Å². The van der Waals surface area contributed by atoms with Crippen LogP contribution >= 0.6 is 0 Å². The lowest BCUT2D eigenvalue weighted by Crippen LogP contribution is -2.37. The first-order valence-electron chi connectivity index (χ1n) is 9.21. The topological polar surface area (TPSA) is 109 Å². The number of carbonyl (C=O) groups excluding carboxylic acids is 3. The number of ether oxygens (including phenoxy) is 1. The lowest BCUT2D eigenvalue weighted by molar-refractivity contribution is -0.139. The number of nitrogens with zero attached hydrogens (tertiary/aromatic N) is 1. The molecule has 2 rings (SSSR count). The molecule has 2 aromatic carbocycles. The summed E-state index contributed by atoms with van der Waals surface area (Å²) in [4.78, 5) is 35.2. The van der Waals surface area contributed by atoms with Gasteiger partial charge in [0.1, 0.15) is 5.75 Å². The molecular weight excluding hydrogens is 384 g/mol. The van der Waals surface area contributed by atoms with Gasteiger partial charge in [-0.2, -0.15) is 5.10 Å². The fourth-order valence-electron chi connectivity index (χ4n) is 2.33. The Hall–Kier alpha value is -3.94. The van der Waals surface area contributed by atoms with Gasteiger partial charge in [-0.3, -0.25) is 14.4 Å². The highest BCUT2D eigenvalue weighted by atomic mass is 16.5. The summed E-state index contributed by atoms with van der Waals surface area (Å²) in [7, 11) is 0. The molecule has 0 heterocycles. The van der Waals surface area contributed by atoms with Crippen molar-refractivity contribution in [2.75, 3.05) is 18.5 Å². The minimum atomic E-state index is -0.903. The van der Waals surface area contributed by atoms with Crippen molar-refractivity contribution in [2.45, 2.75) is 13.8 Å². The van der Waals surface area contributed by atoms with Crippen LogP contribution in [0.15, 0.2) is 60.2 Å². The van der Waals surface area contributed by atoms with Crippen LogP contribution in [-0.2, 0) is 14.4 Å². The summed E-state index contributed by atoms with van der Waals surface area (Å²) in [6.45, 7) is 7.39. The quantitative estimate of drug-likeness (QED) is 0.269. The third-order valence-electron chi connectivity index (χ3n) is 4.05. The average molecular weight is 408 g/mol. The normalized spacial score (nSPS) is 10.3. The van der Waals surface area contributed by atoms with Crippen LogP contribution in [0.5, 0.6) is 5.75 Å². The molecule has 0 aliphatic rings. The van der Waals surface area contributed by atoms with Crippen LogP contribution in [0.25, 0.3) is 0 Å². The zero-order chi connectivity index (χ0) is 21.9. The molecule has 0 aliphatic heterocycles. The van der Waals surface area contributed by atoms with E-state index in [1.165, 1.54) is 12.3 Å². The molecule has 156 valence electrons. The monoisotopic (exact) mass is 408 g/mol. The Balaban J connectivity index is 1.92. The Labute approximate surface area is 175 Å². The molecule has 0 saturated heterocycles. The number of nitrogens with one attached hydrogen (secondary N) is 3. The van der Waals surface area contributed by atoms with E-state index in [2.05, 4.69) is 27.7 Å². The van der Waals surface area contributed by atoms with Crippen molar-refractivity contribution in [3.8, 4) is 5.75 Å². The maximum Gasteiger partial charge on any atom is 0.329 e. The van der Waals surface area contributed by atoms with Crippen LogP contribution in [0.1, 0.15) is 16.7 Å². The lowest BCUT2D eigenvalue weighted by Gasteiger charge is -2.10. The molecule has 2 aromatic rings. The van der Waals surface area contributed by atoms with Gasteiger partial charge in [0.15, 0.2) is 6.61 Å². The minimum Gasteiger partial charge on any atom is -0.483 e. The van der Waals surface area contributed by atoms with Crippen molar-refractivity contribution in [3.63, 3.8) is 0 Å². The summed E-state index contributed by atoms with van der Waals surface area (Å²) in [6.07, 6.45) is 2.79. The number of amides is 3. The molecule has 0 aromatic heterocycles. The fourth-order valence-corrected chi connectivity index (χ4v) is 2.33. The number of hydrogen-bond donors (Lipinski definition) is 3. The summed E-state index contributed by atoms with van der Waals surface area (Å²) >= 11 is 0. The van der Waals surface area contributed by atoms with Crippen LogP contribution < -0.4 is 20.8 Å². The van der Waals surface area contributed by atoms with E-state index in [-0.39, 0.29) is 19.1 Å². The van der Waals surface area contributed by atoms with Crippen molar-refractivity contribution in [3.05, 3.63) is 71.8 Å². The highest BCUT2D eigenvalue weighted by Gasteiger charge is 2.11. The first kappa shape index (κ1) is 22.4. The van der Waals surface area contributed by atoms with Crippen LogP contribution in [0, 0.1) is 13.8 Å². The van der Waals surface area contributed by atoms with Crippen molar-refractivity contribution in [1.82, 2.24) is 10.7 Å². The second-order valence-electron chi connectivity index (χ2n) is 6.37. The van der Waals surface area contributed by atoms with E-state index in [1.807, 2.05) is 32.0 Å². The second kappa shape index (κ2) is 11.2. The van der Waals surface area contributed by atoms with Gasteiger partial charge in [-0.05, 0) is 49.2 Å². The first-order valence-corrected chi connectivity index (χ1v) is 9.21. The van der Waals surface area contributed by atoms with Crippen molar-refractivity contribution in [1.29, 1.82) is 0 Å². The number of hydrogen-bond acceptors (Lipinski definition) is 5. The van der Waals surface area contributed by atoms with Gasteiger partial charge in [0.25, 0.3) is 5.91 Å². The molecule has 30 heavy (non-hydrogen) atoms. The summed E-state index contributed by atoms with van der Waals surface area (Å²) in [6, 6.07) is 12.5. The van der Waals surface area contributed by atoms with Crippen LogP contribution in [0.2, 0.25) is 0 Å². The van der Waals surface area contributed by atoms with E-state index in [0.717, 1.165) is 11.1 Å². The number of hydrazone groups is 1. The average Bonchev–Trinajstić information content (AvgIpc) is 2.73. The lowest BCUT2D eigenvalue weighted by atomic mass is 10.1. The van der Waals surface area contributed by atoms with Crippen LogP contribution in [0.3, 0.4) is 0 Å². The zero-order valence-corrected chi connectivity index (χ0v) is 16.9. The number of rotatable bonds is 8. The predicted octanol–water partition coefficient (Wildman–Crippen LogP) is 2.07. The molecule has 0 aliphatic carbocycles. The Morgan fingerprint density at radius 3 is 2.57 bits per heavy atom. The van der Waals surface area contributed by atoms with E-state index in [4.69, 9.17) is 4.74 Å². The van der Waals surface area contributed by atoms with Crippen LogP contribution in [0.4, 0.5) is 5.69 Å². The Morgan fingerprint density at radius 2 is 1.83 bits per heavy atom. The van der Waals surface area contributed by atoms with E-state index in [0.29, 0.717) is 17.0 Å². The molecule has 8 nitrogen and oxygen atoms in total. The van der Waals surface area contributed by atoms with Gasteiger partial charge in [0.2, 0.25) is 0 Å². The van der Waals surface area contributed by atoms with Gasteiger partial charge in [0.05, 0.1) is 6.21 Å². The highest BCUT2D eigenvalue weighted by Crippen LogP contribution is 2.17. The first-order chi connectivity index (χ1) is 14.4. The summed E-state index contributed by atoms with van der Waals surface area (Å²) in [5, 5.41) is 8.87. The number of benzene rings is 2. The van der Waals surface area contributed by atoms with Crippen molar-refractivity contribution >= 4 is 29.6 Å². The van der Waals surface area contributed by atoms with E-state index >= 15 is 0 Å². The molecule has 0 bridgehead atoms. The molecule has 0 spiro atoms. The summed E-state index contributed by atoms with van der Waals surface area (Å²) in [5.41, 5.74) is 5.57. The SMILES string of the molecule is C=CCNC(=O)C(=O)NN=Cc1ccccc1OCC(=O)Nc1ccc(C)c(C)c1. The highest BCUT2D eigenvalue weighted by molar-refractivity contribution is 6.35. The standard InChI is InChI=1S/C22H24N4O4/c1-4-11-23-21(28)22(29)26-24-13-17-7-5-6-8-19(17)30-14-20(27)25-18-10-9-15(2)16(3)12-18/h4-10,12-13H,1,11,14H2,2-3H3,(H,23,28)(H,25,27)(H,26,29). The van der Waals surface area contributed by atoms with Gasteiger partial charge in [-0.15, -0.1) is 6.58 Å². The Kier molecular flexibility index (Phi) is 8.31. The third kappa shape index (κ3) is 6.90. The summed E-state index contributed by atoms with van der Waals surface area (Å²) < 4.78 is 5.58. The molecule has 8 heteroatoms. The van der Waals surface area contributed by atoms with Gasteiger partial charge >= 0.3 is 11.8 Å². The van der Waals surface area contributed by atoms with Gasteiger partial charge in [-0.1, -0.05) is 24.3 Å². The number of carbonyl (C=O) groups is 3. The number of aryl methyl sites for hydroxylation is 2. The molecule has 0 fully saturated rings. The smallest absolute Gasteiger partial charge is 0.329 e. The van der Waals surface area contributed by atoms with Crippen molar-refractivity contribution < 1.29 is 19.1 Å².